The summed E-state index contributed by atoms with van der Waals surface area (Å²) in [6.45, 7) is 8.04. The van der Waals surface area contributed by atoms with E-state index in [1.807, 2.05) is 24.8 Å². The first-order valence-corrected chi connectivity index (χ1v) is 13.8. The Labute approximate surface area is 205 Å². The Bertz CT molecular complexity index is 772. The molecule has 7 nitrogen and oxygen atoms in total. The number of imidazole rings is 2. The van der Waals surface area contributed by atoms with E-state index >= 15 is 0 Å². The molecule has 0 atom stereocenters. The van der Waals surface area contributed by atoms with Crippen LogP contribution in [0.5, 0.6) is 0 Å². The van der Waals surface area contributed by atoms with Crippen LogP contribution in [0, 0.1) is 11.3 Å². The highest BCUT2D eigenvalue weighted by Crippen LogP contribution is 2.41. The molecule has 1 aliphatic carbocycles. The van der Waals surface area contributed by atoms with E-state index in [2.05, 4.69) is 29.7 Å². The molecule has 7 heteroatoms. The monoisotopic (exact) mass is 468 g/mol. The van der Waals surface area contributed by atoms with Gasteiger partial charge in [0.05, 0.1) is 6.61 Å². The molecule has 0 radical (unpaired) electrons. The van der Waals surface area contributed by atoms with Gasteiger partial charge in [0, 0.05) is 63.4 Å². The summed E-state index contributed by atoms with van der Waals surface area (Å²) in [4.78, 5) is 20.8. The maximum atomic E-state index is 6.15. The van der Waals surface area contributed by atoms with Gasteiger partial charge in [-0.05, 0) is 69.5 Å². The van der Waals surface area contributed by atoms with Crippen LogP contribution in [-0.4, -0.2) is 81.7 Å². The lowest BCUT2D eigenvalue weighted by Crippen LogP contribution is -2.46. The van der Waals surface area contributed by atoms with E-state index in [9.17, 15) is 0 Å². The average molecular weight is 469 g/mol. The molecule has 3 fully saturated rings. The summed E-state index contributed by atoms with van der Waals surface area (Å²) in [7, 11) is 0. The molecule has 2 aliphatic heterocycles. The average Bonchev–Trinajstić information content (AvgIpc) is 3.64. The van der Waals surface area contributed by atoms with Gasteiger partial charge in [-0.15, -0.1) is 0 Å². The number of likely N-dealkylation sites (tertiary alicyclic amines) is 2. The number of nitrogens with one attached hydrogen (secondary N) is 2. The third kappa shape index (κ3) is 6.49. The van der Waals surface area contributed by atoms with Gasteiger partial charge in [0.2, 0.25) is 0 Å². The number of piperidine rings is 1. The lowest BCUT2D eigenvalue weighted by atomic mass is 9.77. The van der Waals surface area contributed by atoms with E-state index in [0.717, 1.165) is 50.2 Å². The van der Waals surface area contributed by atoms with Gasteiger partial charge in [-0.1, -0.05) is 19.3 Å². The molecule has 188 valence electrons. The van der Waals surface area contributed by atoms with Crippen LogP contribution in [0.25, 0.3) is 0 Å². The molecule has 2 aromatic rings. The van der Waals surface area contributed by atoms with Crippen molar-refractivity contribution in [3.8, 4) is 0 Å². The number of aromatic amines is 2. The van der Waals surface area contributed by atoms with Crippen LogP contribution in [0.3, 0.4) is 0 Å². The molecule has 4 heterocycles. The molecule has 2 N–H and O–H groups in total. The number of hydrogen-bond donors (Lipinski definition) is 2. The summed E-state index contributed by atoms with van der Waals surface area (Å²) in [6.07, 6.45) is 21.8. The number of ether oxygens (including phenoxy) is 1. The molecule has 1 saturated carbocycles. The molecule has 0 amide bonds. The van der Waals surface area contributed by atoms with Gasteiger partial charge in [0.15, 0.2) is 0 Å². The van der Waals surface area contributed by atoms with E-state index in [1.165, 1.54) is 84.1 Å². The summed E-state index contributed by atoms with van der Waals surface area (Å²) >= 11 is 0. The van der Waals surface area contributed by atoms with E-state index in [4.69, 9.17) is 4.74 Å². The lowest BCUT2D eigenvalue weighted by molar-refractivity contribution is 0.0597. The SMILES string of the molecule is c1c[nH]c(CC(COCCCN2CCC3(CCN(C4CCCCC4)CC3)C2)Cc2ncc[nH]2)n1. The third-order valence-corrected chi connectivity index (χ3v) is 8.66. The highest BCUT2D eigenvalue weighted by Gasteiger charge is 2.41. The first-order chi connectivity index (χ1) is 16.8. The lowest BCUT2D eigenvalue weighted by Gasteiger charge is -2.43. The van der Waals surface area contributed by atoms with Crippen molar-refractivity contribution in [3.63, 3.8) is 0 Å². The molecule has 0 unspecified atom stereocenters. The fourth-order valence-corrected chi connectivity index (χ4v) is 6.63. The Morgan fingerprint density at radius 2 is 1.62 bits per heavy atom. The van der Waals surface area contributed by atoms with Crippen LogP contribution < -0.4 is 0 Å². The summed E-state index contributed by atoms with van der Waals surface area (Å²) in [5, 5.41) is 0. The molecule has 34 heavy (non-hydrogen) atoms. The van der Waals surface area contributed by atoms with Crippen LogP contribution in [0.1, 0.15) is 69.4 Å². The van der Waals surface area contributed by atoms with Crippen LogP contribution in [-0.2, 0) is 17.6 Å². The van der Waals surface area contributed by atoms with E-state index in [1.54, 1.807) is 0 Å². The molecule has 3 aliphatic rings. The van der Waals surface area contributed by atoms with E-state index in [0.29, 0.717) is 11.3 Å². The summed E-state index contributed by atoms with van der Waals surface area (Å²) in [6, 6.07) is 0.894. The second-order valence-corrected chi connectivity index (χ2v) is 11.1. The largest absolute Gasteiger partial charge is 0.381 e. The van der Waals surface area contributed by atoms with Crippen molar-refractivity contribution in [1.29, 1.82) is 0 Å². The predicted molar refractivity (Wildman–Crippen MR) is 135 cm³/mol. The first-order valence-electron chi connectivity index (χ1n) is 13.8. The van der Waals surface area contributed by atoms with Crippen LogP contribution in [0.2, 0.25) is 0 Å². The highest BCUT2D eigenvalue weighted by molar-refractivity contribution is 4.96. The molecule has 2 aromatic heterocycles. The zero-order valence-electron chi connectivity index (χ0n) is 20.9. The number of rotatable bonds is 11. The molecule has 0 bridgehead atoms. The number of H-pyrrole nitrogens is 2. The summed E-state index contributed by atoms with van der Waals surface area (Å²) < 4.78 is 6.15. The quantitative estimate of drug-likeness (QED) is 0.487. The van der Waals surface area contributed by atoms with Gasteiger partial charge >= 0.3 is 0 Å². The third-order valence-electron chi connectivity index (χ3n) is 8.66. The second kappa shape index (κ2) is 11.8. The Kier molecular flexibility index (Phi) is 8.35. The number of hydrogen-bond acceptors (Lipinski definition) is 5. The molecule has 1 spiro atoms. The summed E-state index contributed by atoms with van der Waals surface area (Å²) in [5.74, 6) is 2.43. The minimum atomic E-state index is 0.377. The number of nitrogens with zero attached hydrogens (tertiary/aromatic N) is 4. The Morgan fingerprint density at radius 3 is 2.26 bits per heavy atom. The second-order valence-electron chi connectivity index (χ2n) is 11.1. The Balaban J connectivity index is 0.992. The fourth-order valence-electron chi connectivity index (χ4n) is 6.63. The van der Waals surface area contributed by atoms with Gasteiger partial charge < -0.3 is 24.5 Å². The molecule has 2 saturated heterocycles. The zero-order valence-corrected chi connectivity index (χ0v) is 20.9. The van der Waals surface area contributed by atoms with Gasteiger partial charge in [-0.25, -0.2) is 9.97 Å². The molecule has 5 rings (SSSR count). The highest BCUT2D eigenvalue weighted by atomic mass is 16.5. The van der Waals surface area contributed by atoms with Gasteiger partial charge in [-0.3, -0.25) is 0 Å². The minimum Gasteiger partial charge on any atom is -0.381 e. The maximum Gasteiger partial charge on any atom is 0.106 e. The van der Waals surface area contributed by atoms with Crippen LogP contribution in [0.4, 0.5) is 0 Å². The van der Waals surface area contributed by atoms with E-state index in [-0.39, 0.29) is 0 Å². The number of aromatic nitrogens is 4. The normalized spacial score (nSPS) is 22.3. The van der Waals surface area contributed by atoms with Gasteiger partial charge in [0.1, 0.15) is 11.6 Å². The van der Waals surface area contributed by atoms with Crippen molar-refractivity contribution in [1.82, 2.24) is 29.7 Å². The molecular formula is C27H44N6O. The van der Waals surface area contributed by atoms with Gasteiger partial charge in [0.25, 0.3) is 0 Å². The minimum absolute atomic E-state index is 0.377. The van der Waals surface area contributed by atoms with Crippen LogP contribution >= 0.6 is 0 Å². The molecular weight excluding hydrogens is 424 g/mol. The first kappa shape index (κ1) is 24.0. The summed E-state index contributed by atoms with van der Waals surface area (Å²) in [5.41, 5.74) is 0.600. The Morgan fingerprint density at radius 1 is 0.941 bits per heavy atom. The smallest absolute Gasteiger partial charge is 0.106 e. The topological polar surface area (TPSA) is 73.1 Å². The van der Waals surface area contributed by atoms with E-state index < -0.39 is 0 Å². The predicted octanol–water partition coefficient (Wildman–Crippen LogP) is 4.06. The van der Waals surface area contributed by atoms with Crippen molar-refractivity contribution in [2.45, 2.75) is 76.7 Å². The molecule has 0 aromatic carbocycles. The fraction of sp³-hybridized carbons (Fsp3) is 0.778. The van der Waals surface area contributed by atoms with Crippen LogP contribution in [0.15, 0.2) is 24.8 Å². The van der Waals surface area contributed by atoms with Crippen molar-refractivity contribution in [3.05, 3.63) is 36.4 Å². The van der Waals surface area contributed by atoms with Crippen molar-refractivity contribution < 1.29 is 4.74 Å². The van der Waals surface area contributed by atoms with Crippen molar-refractivity contribution >= 4 is 0 Å². The van der Waals surface area contributed by atoms with Gasteiger partial charge in [-0.2, -0.15) is 0 Å². The Hall–Kier alpha value is -1.70. The van der Waals surface area contributed by atoms with Crippen molar-refractivity contribution in [2.75, 3.05) is 45.9 Å². The standard InChI is InChI=1S/C27H44N6O/c1-2-5-24(6-3-1)33-16-8-27(9-17-33)7-15-32(22-27)14-4-18-34-21-23(19-25-28-10-11-29-25)20-26-30-12-13-31-26/h10-13,23-24H,1-9,14-22H2,(H,28,29)(H,30,31). The zero-order chi connectivity index (χ0) is 23.1. The maximum absolute atomic E-state index is 6.15. The van der Waals surface area contributed by atoms with Crippen molar-refractivity contribution in [2.24, 2.45) is 11.3 Å².